The molecule has 0 unspecified atom stereocenters. The Labute approximate surface area is 219 Å². The van der Waals surface area contributed by atoms with Crippen LogP contribution in [0.4, 0.5) is 5.69 Å². The first-order chi connectivity index (χ1) is 17.3. The van der Waals surface area contributed by atoms with E-state index in [1.165, 1.54) is 4.90 Å². The van der Waals surface area contributed by atoms with Gasteiger partial charge in [-0.3, -0.25) is 19.8 Å². The normalized spacial score (nSPS) is 14.9. The molecule has 0 bridgehead atoms. The van der Waals surface area contributed by atoms with Crippen LogP contribution in [0.5, 0.6) is 0 Å². The van der Waals surface area contributed by atoms with Gasteiger partial charge in [0.2, 0.25) is 0 Å². The van der Waals surface area contributed by atoms with Crippen LogP contribution in [0.1, 0.15) is 17.0 Å². The Bertz CT molecular complexity index is 1540. The van der Waals surface area contributed by atoms with Crippen molar-refractivity contribution in [2.24, 2.45) is 0 Å². The van der Waals surface area contributed by atoms with Crippen LogP contribution in [0, 0.1) is 13.8 Å². The Morgan fingerprint density at radius 2 is 1.50 bits per heavy atom. The molecule has 3 aromatic carbocycles. The predicted molar refractivity (Wildman–Crippen MR) is 148 cm³/mol. The summed E-state index contributed by atoms with van der Waals surface area (Å²) in [7, 11) is 0. The van der Waals surface area contributed by atoms with E-state index in [0.717, 1.165) is 33.8 Å². The number of aromatic nitrogens is 1. The summed E-state index contributed by atoms with van der Waals surface area (Å²) in [6.07, 6.45) is 1.61. The minimum atomic E-state index is -0.537. The SMILES string of the molecule is Cc1cc(/C=C2/C(=O)NC(=S)N(c3ccccc3Cl)C2=O)c(C)n1-c1ccc(-c2ccccc2)cc1. The van der Waals surface area contributed by atoms with Gasteiger partial charge < -0.3 is 4.57 Å². The van der Waals surface area contributed by atoms with Crippen molar-refractivity contribution in [1.82, 2.24) is 9.88 Å². The minimum Gasteiger partial charge on any atom is -0.318 e. The summed E-state index contributed by atoms with van der Waals surface area (Å²) in [6, 6.07) is 27.3. The highest BCUT2D eigenvalue weighted by atomic mass is 35.5. The summed E-state index contributed by atoms with van der Waals surface area (Å²) in [6.45, 7) is 3.96. The first-order valence-electron chi connectivity index (χ1n) is 11.4. The van der Waals surface area contributed by atoms with E-state index in [1.54, 1.807) is 30.3 Å². The number of aryl methyl sites for hydroxylation is 1. The molecular weight excluding hydrogens is 490 g/mol. The number of halogens is 1. The average molecular weight is 512 g/mol. The summed E-state index contributed by atoms with van der Waals surface area (Å²) < 4.78 is 2.10. The van der Waals surface area contributed by atoms with Crippen molar-refractivity contribution in [3.05, 3.63) is 112 Å². The fourth-order valence-corrected chi connectivity index (χ4v) is 4.92. The van der Waals surface area contributed by atoms with Crippen LogP contribution in [0.2, 0.25) is 5.02 Å². The molecule has 1 aliphatic rings. The van der Waals surface area contributed by atoms with Crippen LogP contribution in [0.25, 0.3) is 22.9 Å². The maximum Gasteiger partial charge on any atom is 0.270 e. The molecule has 2 amide bonds. The lowest BCUT2D eigenvalue weighted by Crippen LogP contribution is -2.54. The van der Waals surface area contributed by atoms with Gasteiger partial charge in [0.15, 0.2) is 5.11 Å². The number of benzene rings is 3. The third-order valence-corrected chi connectivity index (χ3v) is 6.80. The van der Waals surface area contributed by atoms with Crippen molar-refractivity contribution in [1.29, 1.82) is 0 Å². The molecule has 7 heteroatoms. The second-order valence-corrected chi connectivity index (χ2v) is 9.28. The molecule has 1 saturated heterocycles. The summed E-state index contributed by atoms with van der Waals surface area (Å²) in [5.41, 5.74) is 6.34. The molecule has 178 valence electrons. The van der Waals surface area contributed by atoms with Crippen molar-refractivity contribution < 1.29 is 9.59 Å². The first-order valence-corrected chi connectivity index (χ1v) is 12.1. The fraction of sp³-hybridized carbons (Fsp3) is 0.0690. The Hall–Kier alpha value is -4.00. The highest BCUT2D eigenvalue weighted by Gasteiger charge is 2.35. The standard InChI is InChI=1S/C29H22ClN3O2S/c1-18-16-22(19(2)32(18)23-14-12-21(13-15-23)20-8-4-3-5-9-20)17-24-27(34)31-29(36)33(28(24)35)26-11-7-6-10-25(26)30/h3-17H,1-2H3,(H,31,34,36)/b24-17-. The molecule has 4 aromatic rings. The molecule has 2 heterocycles. The molecule has 1 fully saturated rings. The zero-order valence-electron chi connectivity index (χ0n) is 19.7. The Morgan fingerprint density at radius 3 is 2.19 bits per heavy atom. The van der Waals surface area contributed by atoms with E-state index in [2.05, 4.69) is 46.3 Å². The molecule has 0 spiro atoms. The lowest BCUT2D eigenvalue weighted by Gasteiger charge is -2.29. The van der Waals surface area contributed by atoms with Crippen LogP contribution in [0.15, 0.2) is 90.5 Å². The quantitative estimate of drug-likeness (QED) is 0.200. The van der Waals surface area contributed by atoms with Crippen LogP contribution >= 0.6 is 23.8 Å². The van der Waals surface area contributed by atoms with Gasteiger partial charge in [-0.25, -0.2) is 0 Å². The summed E-state index contributed by atoms with van der Waals surface area (Å²) in [5, 5.41) is 2.98. The molecular formula is C29H22ClN3O2S. The van der Waals surface area contributed by atoms with E-state index in [1.807, 2.05) is 38.1 Å². The van der Waals surface area contributed by atoms with E-state index in [4.69, 9.17) is 23.8 Å². The second kappa shape index (κ2) is 9.57. The van der Waals surface area contributed by atoms with Gasteiger partial charge in [0, 0.05) is 17.1 Å². The highest BCUT2D eigenvalue weighted by Crippen LogP contribution is 2.30. The molecule has 1 aromatic heterocycles. The molecule has 5 rings (SSSR count). The number of carbonyl (C=O) groups is 2. The minimum absolute atomic E-state index is 0.000714. The van der Waals surface area contributed by atoms with Crippen molar-refractivity contribution >= 4 is 52.5 Å². The van der Waals surface area contributed by atoms with Crippen molar-refractivity contribution in [2.45, 2.75) is 13.8 Å². The number of carbonyl (C=O) groups excluding carboxylic acids is 2. The second-order valence-electron chi connectivity index (χ2n) is 8.48. The number of hydrogen-bond donors (Lipinski definition) is 1. The topological polar surface area (TPSA) is 54.3 Å². The first kappa shape index (κ1) is 23.7. The molecule has 0 atom stereocenters. The van der Waals surface area contributed by atoms with Gasteiger partial charge >= 0.3 is 0 Å². The maximum atomic E-state index is 13.4. The fourth-order valence-electron chi connectivity index (χ4n) is 4.43. The Kier molecular flexibility index (Phi) is 6.31. The van der Waals surface area contributed by atoms with Crippen LogP contribution in [-0.2, 0) is 9.59 Å². The van der Waals surface area contributed by atoms with Crippen molar-refractivity contribution in [3.8, 4) is 16.8 Å². The predicted octanol–water partition coefficient (Wildman–Crippen LogP) is 6.25. The lowest BCUT2D eigenvalue weighted by atomic mass is 10.1. The van der Waals surface area contributed by atoms with Gasteiger partial charge in [0.25, 0.3) is 11.8 Å². The number of thiocarbonyl (C=S) groups is 1. The number of rotatable bonds is 4. The highest BCUT2D eigenvalue weighted by molar-refractivity contribution is 7.80. The molecule has 0 aliphatic carbocycles. The van der Waals surface area contributed by atoms with E-state index >= 15 is 0 Å². The van der Waals surface area contributed by atoms with Crippen LogP contribution in [0.3, 0.4) is 0 Å². The smallest absolute Gasteiger partial charge is 0.270 e. The van der Waals surface area contributed by atoms with Gasteiger partial charge in [0.1, 0.15) is 5.57 Å². The van der Waals surface area contributed by atoms with E-state index in [0.29, 0.717) is 10.7 Å². The molecule has 0 saturated carbocycles. The van der Waals surface area contributed by atoms with Crippen molar-refractivity contribution in [3.63, 3.8) is 0 Å². The summed E-state index contributed by atoms with van der Waals surface area (Å²) >= 11 is 11.6. The number of hydrogen-bond acceptors (Lipinski definition) is 3. The lowest BCUT2D eigenvalue weighted by molar-refractivity contribution is -0.122. The van der Waals surface area contributed by atoms with Gasteiger partial charge in [0.05, 0.1) is 10.7 Å². The van der Waals surface area contributed by atoms with E-state index in [-0.39, 0.29) is 10.7 Å². The number of anilines is 1. The zero-order chi connectivity index (χ0) is 25.4. The molecule has 0 radical (unpaired) electrons. The van der Waals surface area contributed by atoms with Gasteiger partial charge in [-0.1, -0.05) is 66.2 Å². The summed E-state index contributed by atoms with van der Waals surface area (Å²) in [4.78, 5) is 27.4. The third kappa shape index (κ3) is 4.26. The third-order valence-electron chi connectivity index (χ3n) is 6.20. The number of nitrogens with one attached hydrogen (secondary N) is 1. The van der Waals surface area contributed by atoms with Crippen molar-refractivity contribution in [2.75, 3.05) is 4.90 Å². The summed E-state index contributed by atoms with van der Waals surface area (Å²) in [5.74, 6) is -1.06. The largest absolute Gasteiger partial charge is 0.318 e. The zero-order valence-corrected chi connectivity index (χ0v) is 21.2. The monoisotopic (exact) mass is 511 g/mol. The molecule has 1 aliphatic heterocycles. The van der Waals surface area contributed by atoms with Gasteiger partial charge in [-0.05, 0) is 79.2 Å². The molecule has 5 nitrogen and oxygen atoms in total. The number of para-hydroxylation sites is 1. The molecule has 1 N–H and O–H groups in total. The maximum absolute atomic E-state index is 13.4. The Balaban J connectivity index is 1.51. The van der Waals surface area contributed by atoms with E-state index in [9.17, 15) is 9.59 Å². The number of nitrogens with zero attached hydrogens (tertiary/aromatic N) is 2. The van der Waals surface area contributed by atoms with E-state index < -0.39 is 11.8 Å². The number of amides is 2. The van der Waals surface area contributed by atoms with Gasteiger partial charge in [-0.2, -0.15) is 0 Å². The average Bonchev–Trinajstić information content (AvgIpc) is 3.16. The van der Waals surface area contributed by atoms with Crippen LogP contribution < -0.4 is 10.2 Å². The Morgan fingerprint density at radius 1 is 0.861 bits per heavy atom. The van der Waals surface area contributed by atoms with Crippen LogP contribution in [-0.4, -0.2) is 21.5 Å². The molecule has 36 heavy (non-hydrogen) atoms. The van der Waals surface area contributed by atoms with Gasteiger partial charge in [-0.15, -0.1) is 0 Å².